The molecule has 190 valence electrons. The van der Waals surface area contributed by atoms with E-state index in [1.54, 1.807) is 30.5 Å². The summed E-state index contributed by atoms with van der Waals surface area (Å²) in [7, 11) is 3.75. The summed E-state index contributed by atoms with van der Waals surface area (Å²) >= 11 is 0. The molecule has 0 saturated heterocycles. The van der Waals surface area contributed by atoms with Crippen LogP contribution in [0.1, 0.15) is 32.1 Å². The number of hydrogen-bond donors (Lipinski definition) is 2. The SMILES string of the molecule is CNC.Cc1ccc(NC(=O)c2ccc(C(F)(F)F)nc2)cc1-c1ccnc(-c2ccnc(C=O)c2)c1. The van der Waals surface area contributed by atoms with Gasteiger partial charge in [-0.15, -0.1) is 0 Å². The van der Waals surface area contributed by atoms with Crippen LogP contribution >= 0.6 is 0 Å². The van der Waals surface area contributed by atoms with Gasteiger partial charge >= 0.3 is 6.18 Å². The number of anilines is 1. The van der Waals surface area contributed by atoms with Gasteiger partial charge in [0.25, 0.3) is 5.91 Å². The van der Waals surface area contributed by atoms with Crippen LogP contribution < -0.4 is 10.6 Å². The summed E-state index contributed by atoms with van der Waals surface area (Å²) in [6, 6.07) is 14.2. The third kappa shape index (κ3) is 7.05. The molecular weight excluding hydrogens is 483 g/mol. The number of benzene rings is 1. The quantitative estimate of drug-likeness (QED) is 0.350. The Morgan fingerprint density at radius 3 is 2.24 bits per heavy atom. The second kappa shape index (κ2) is 12.0. The number of amides is 1. The van der Waals surface area contributed by atoms with Crippen molar-refractivity contribution >= 4 is 17.9 Å². The minimum atomic E-state index is -4.57. The zero-order valence-electron chi connectivity index (χ0n) is 20.3. The fraction of sp³-hybridized carbons (Fsp3) is 0.148. The van der Waals surface area contributed by atoms with Crippen molar-refractivity contribution < 1.29 is 22.8 Å². The Kier molecular flexibility index (Phi) is 8.81. The fourth-order valence-corrected chi connectivity index (χ4v) is 3.34. The molecule has 4 aromatic rings. The van der Waals surface area contributed by atoms with Crippen molar-refractivity contribution in [2.45, 2.75) is 13.1 Å². The van der Waals surface area contributed by atoms with Crippen LogP contribution in [0.4, 0.5) is 18.9 Å². The van der Waals surface area contributed by atoms with Crippen molar-refractivity contribution in [3.05, 3.63) is 95.7 Å². The van der Waals surface area contributed by atoms with Gasteiger partial charge in [-0.2, -0.15) is 13.2 Å². The van der Waals surface area contributed by atoms with Gasteiger partial charge < -0.3 is 10.6 Å². The molecule has 0 fully saturated rings. The van der Waals surface area contributed by atoms with Crippen molar-refractivity contribution in [2.24, 2.45) is 0 Å². The number of aryl methyl sites for hydroxylation is 1. The Labute approximate surface area is 211 Å². The molecule has 3 heterocycles. The van der Waals surface area contributed by atoms with Gasteiger partial charge in [-0.3, -0.25) is 24.5 Å². The van der Waals surface area contributed by atoms with E-state index in [1.807, 2.05) is 39.2 Å². The Morgan fingerprint density at radius 1 is 0.892 bits per heavy atom. The maximum Gasteiger partial charge on any atom is 0.433 e. The molecule has 37 heavy (non-hydrogen) atoms. The summed E-state index contributed by atoms with van der Waals surface area (Å²) in [6.45, 7) is 1.91. The van der Waals surface area contributed by atoms with E-state index in [1.165, 1.54) is 6.20 Å². The Balaban J connectivity index is 0.00000121. The van der Waals surface area contributed by atoms with Crippen molar-refractivity contribution in [3.63, 3.8) is 0 Å². The smallest absolute Gasteiger partial charge is 0.323 e. The number of rotatable bonds is 5. The molecule has 1 amide bonds. The van der Waals surface area contributed by atoms with Gasteiger partial charge in [0.05, 0.1) is 11.3 Å². The van der Waals surface area contributed by atoms with E-state index in [0.717, 1.165) is 40.6 Å². The zero-order chi connectivity index (χ0) is 27.0. The highest BCUT2D eigenvalue weighted by molar-refractivity contribution is 6.04. The first-order chi connectivity index (χ1) is 17.7. The molecule has 0 aliphatic carbocycles. The van der Waals surface area contributed by atoms with E-state index in [4.69, 9.17) is 0 Å². The first-order valence-electron chi connectivity index (χ1n) is 11.1. The van der Waals surface area contributed by atoms with E-state index in [-0.39, 0.29) is 5.56 Å². The van der Waals surface area contributed by atoms with Gasteiger partial charge in [-0.25, -0.2) is 0 Å². The second-order valence-corrected chi connectivity index (χ2v) is 7.93. The molecule has 4 rings (SSSR count). The van der Waals surface area contributed by atoms with Gasteiger partial charge in [0, 0.05) is 29.8 Å². The fourth-order valence-electron chi connectivity index (χ4n) is 3.34. The lowest BCUT2D eigenvalue weighted by Gasteiger charge is -2.12. The standard InChI is InChI=1S/C25H17F3N4O2.C2H7N/c1-15-2-4-19(32-24(34)18-3-5-23(31-13-18)25(26,27)28)12-21(15)16-6-9-30-22(11-16)17-7-8-29-20(10-17)14-33;1-3-2/h2-14H,1H3,(H,32,34);3H,1-2H3. The lowest BCUT2D eigenvalue weighted by Crippen LogP contribution is -2.14. The Hall–Kier alpha value is -4.44. The Bertz CT molecular complexity index is 1390. The number of pyridine rings is 3. The largest absolute Gasteiger partial charge is 0.433 e. The molecular formula is C27H24F3N5O2. The van der Waals surface area contributed by atoms with Crippen LogP contribution in [0.2, 0.25) is 0 Å². The van der Waals surface area contributed by atoms with Crippen molar-refractivity contribution in [2.75, 3.05) is 19.4 Å². The lowest BCUT2D eigenvalue weighted by molar-refractivity contribution is -0.141. The normalized spacial score (nSPS) is 10.8. The molecule has 0 atom stereocenters. The van der Waals surface area contributed by atoms with Crippen LogP contribution in [-0.2, 0) is 6.18 Å². The molecule has 0 radical (unpaired) electrons. The summed E-state index contributed by atoms with van der Waals surface area (Å²) < 4.78 is 38.1. The molecule has 0 saturated carbocycles. The summed E-state index contributed by atoms with van der Waals surface area (Å²) in [5.41, 5.74) is 3.68. The molecule has 3 aromatic heterocycles. The molecule has 7 nitrogen and oxygen atoms in total. The van der Waals surface area contributed by atoms with E-state index in [9.17, 15) is 22.8 Å². The monoisotopic (exact) mass is 507 g/mol. The van der Waals surface area contributed by atoms with E-state index < -0.39 is 17.8 Å². The second-order valence-electron chi connectivity index (χ2n) is 7.93. The summed E-state index contributed by atoms with van der Waals surface area (Å²) in [6.07, 6.45) is 0.158. The number of nitrogens with one attached hydrogen (secondary N) is 2. The maximum atomic E-state index is 12.7. The average Bonchev–Trinajstić information content (AvgIpc) is 2.90. The van der Waals surface area contributed by atoms with Gasteiger partial charge in [-0.1, -0.05) is 6.07 Å². The van der Waals surface area contributed by atoms with E-state index in [2.05, 4.69) is 25.6 Å². The number of nitrogens with zero attached hydrogens (tertiary/aromatic N) is 3. The van der Waals surface area contributed by atoms with Crippen LogP contribution in [0.5, 0.6) is 0 Å². The molecule has 0 spiro atoms. The molecule has 2 N–H and O–H groups in total. The number of carbonyl (C=O) groups excluding carboxylic acids is 2. The van der Waals surface area contributed by atoms with Crippen molar-refractivity contribution in [1.82, 2.24) is 20.3 Å². The highest BCUT2D eigenvalue weighted by Crippen LogP contribution is 2.30. The molecule has 1 aromatic carbocycles. The number of aldehydes is 1. The van der Waals surface area contributed by atoms with Crippen molar-refractivity contribution in [1.29, 1.82) is 0 Å². The summed E-state index contributed by atoms with van der Waals surface area (Å²) in [4.78, 5) is 35.2. The maximum absolute atomic E-state index is 12.7. The summed E-state index contributed by atoms with van der Waals surface area (Å²) in [5.74, 6) is -0.579. The topological polar surface area (TPSA) is 96.9 Å². The van der Waals surface area contributed by atoms with Gasteiger partial charge in [-0.05, 0) is 86.2 Å². The van der Waals surface area contributed by atoms with Gasteiger partial charge in [0.1, 0.15) is 11.4 Å². The minimum absolute atomic E-state index is 0.00462. The summed E-state index contributed by atoms with van der Waals surface area (Å²) in [5, 5.41) is 5.44. The zero-order valence-corrected chi connectivity index (χ0v) is 20.3. The van der Waals surface area contributed by atoms with Gasteiger partial charge in [0.2, 0.25) is 0 Å². The average molecular weight is 508 g/mol. The van der Waals surface area contributed by atoms with Crippen LogP contribution in [-0.4, -0.2) is 41.2 Å². The number of aromatic nitrogens is 3. The van der Waals surface area contributed by atoms with Crippen LogP contribution in [0.15, 0.2) is 73.2 Å². The third-order valence-electron chi connectivity index (χ3n) is 5.08. The molecule has 0 aliphatic heterocycles. The first-order valence-corrected chi connectivity index (χ1v) is 11.1. The highest BCUT2D eigenvalue weighted by Gasteiger charge is 2.32. The predicted octanol–water partition coefficient (Wildman–Crippen LogP) is 5.43. The first kappa shape index (κ1) is 27.2. The van der Waals surface area contributed by atoms with Crippen LogP contribution in [0.25, 0.3) is 22.4 Å². The number of halogens is 3. The lowest BCUT2D eigenvalue weighted by atomic mass is 9.99. The molecule has 0 unspecified atom stereocenters. The van der Waals surface area contributed by atoms with Gasteiger partial charge in [0.15, 0.2) is 6.29 Å². The van der Waals surface area contributed by atoms with E-state index >= 15 is 0 Å². The predicted molar refractivity (Wildman–Crippen MR) is 135 cm³/mol. The Morgan fingerprint density at radius 2 is 1.59 bits per heavy atom. The molecule has 0 bridgehead atoms. The minimum Gasteiger partial charge on any atom is -0.323 e. The van der Waals surface area contributed by atoms with E-state index in [0.29, 0.717) is 23.4 Å². The van der Waals surface area contributed by atoms with Crippen LogP contribution in [0, 0.1) is 6.92 Å². The molecule has 10 heteroatoms. The number of carbonyl (C=O) groups is 2. The van der Waals surface area contributed by atoms with Crippen LogP contribution in [0.3, 0.4) is 0 Å². The number of alkyl halides is 3. The third-order valence-corrected chi connectivity index (χ3v) is 5.08. The highest BCUT2D eigenvalue weighted by atomic mass is 19.4. The van der Waals surface area contributed by atoms with Crippen molar-refractivity contribution in [3.8, 4) is 22.4 Å². The number of hydrogen-bond acceptors (Lipinski definition) is 6. The molecule has 0 aliphatic rings.